The molecule has 0 aliphatic rings. The second-order valence-corrected chi connectivity index (χ2v) is 4.47. The lowest BCUT2D eigenvalue weighted by atomic mass is 10.2. The van der Waals surface area contributed by atoms with Crippen molar-refractivity contribution in [3.8, 4) is 11.8 Å². The third-order valence-electron chi connectivity index (χ3n) is 2.35. The molecule has 2 aromatic rings. The molecule has 0 fully saturated rings. The summed E-state index contributed by atoms with van der Waals surface area (Å²) in [6.45, 7) is 0. The Labute approximate surface area is 120 Å². The van der Waals surface area contributed by atoms with E-state index in [1.165, 1.54) is 6.07 Å². The van der Waals surface area contributed by atoms with Crippen molar-refractivity contribution in [2.75, 3.05) is 12.4 Å². The SMILES string of the molecule is COc1ccc(Cl)cc1Nc1cc(C#N)cc(Cl)n1. The van der Waals surface area contributed by atoms with Crippen LogP contribution >= 0.6 is 23.2 Å². The van der Waals surface area contributed by atoms with Crippen LogP contribution in [0.4, 0.5) is 11.5 Å². The molecule has 1 N–H and O–H groups in total. The number of rotatable bonds is 3. The monoisotopic (exact) mass is 293 g/mol. The van der Waals surface area contributed by atoms with Crippen LogP contribution in [0.3, 0.4) is 0 Å². The first-order valence-corrected chi connectivity index (χ1v) is 6.06. The Morgan fingerprint density at radius 3 is 2.74 bits per heavy atom. The standard InChI is InChI=1S/C13H9Cl2N3O/c1-19-11-3-2-9(14)6-10(11)17-13-5-8(7-16)4-12(15)18-13/h2-6H,1H3,(H,17,18). The van der Waals surface area contributed by atoms with Crippen molar-refractivity contribution >= 4 is 34.7 Å². The van der Waals surface area contributed by atoms with Gasteiger partial charge in [-0.2, -0.15) is 5.26 Å². The van der Waals surface area contributed by atoms with Crippen LogP contribution in [0.15, 0.2) is 30.3 Å². The summed E-state index contributed by atoms with van der Waals surface area (Å²) in [6, 6.07) is 10.2. The highest BCUT2D eigenvalue weighted by Gasteiger charge is 2.07. The predicted octanol–water partition coefficient (Wildman–Crippen LogP) is 4.01. The fourth-order valence-electron chi connectivity index (χ4n) is 1.54. The van der Waals surface area contributed by atoms with Gasteiger partial charge in [0.25, 0.3) is 0 Å². The third kappa shape index (κ3) is 3.28. The highest BCUT2D eigenvalue weighted by molar-refractivity contribution is 6.31. The zero-order chi connectivity index (χ0) is 13.8. The van der Waals surface area contributed by atoms with E-state index in [0.29, 0.717) is 27.8 Å². The largest absolute Gasteiger partial charge is 0.495 e. The van der Waals surface area contributed by atoms with Gasteiger partial charge in [-0.3, -0.25) is 0 Å². The third-order valence-corrected chi connectivity index (χ3v) is 2.78. The van der Waals surface area contributed by atoms with Crippen LogP contribution in [0.25, 0.3) is 0 Å². The van der Waals surface area contributed by atoms with E-state index in [-0.39, 0.29) is 5.15 Å². The van der Waals surface area contributed by atoms with Gasteiger partial charge in [0, 0.05) is 5.02 Å². The summed E-state index contributed by atoms with van der Waals surface area (Å²) in [5.41, 5.74) is 1.07. The number of nitrogens with zero attached hydrogens (tertiary/aromatic N) is 2. The lowest BCUT2D eigenvalue weighted by Gasteiger charge is -2.11. The molecule has 0 saturated heterocycles. The minimum atomic E-state index is 0.238. The Hall–Kier alpha value is -1.96. The van der Waals surface area contributed by atoms with Crippen LogP contribution in [0.5, 0.6) is 5.75 Å². The van der Waals surface area contributed by atoms with Gasteiger partial charge in [-0.05, 0) is 30.3 Å². The van der Waals surface area contributed by atoms with E-state index >= 15 is 0 Å². The molecule has 1 heterocycles. The zero-order valence-corrected chi connectivity index (χ0v) is 11.5. The Morgan fingerprint density at radius 1 is 1.26 bits per heavy atom. The summed E-state index contributed by atoms with van der Waals surface area (Å²) < 4.78 is 5.21. The number of halogens is 2. The topological polar surface area (TPSA) is 57.9 Å². The number of anilines is 2. The summed E-state index contributed by atoms with van der Waals surface area (Å²) >= 11 is 11.8. The molecule has 0 aliphatic heterocycles. The molecule has 6 heteroatoms. The molecule has 0 aliphatic carbocycles. The van der Waals surface area contributed by atoms with Gasteiger partial charge in [0.15, 0.2) is 0 Å². The number of hydrogen-bond donors (Lipinski definition) is 1. The van der Waals surface area contributed by atoms with Crippen molar-refractivity contribution in [2.24, 2.45) is 0 Å². The van der Waals surface area contributed by atoms with Crippen molar-refractivity contribution in [1.82, 2.24) is 4.98 Å². The van der Waals surface area contributed by atoms with E-state index in [2.05, 4.69) is 10.3 Å². The maximum atomic E-state index is 8.89. The molecule has 0 atom stereocenters. The van der Waals surface area contributed by atoms with E-state index in [9.17, 15) is 0 Å². The number of aromatic nitrogens is 1. The van der Waals surface area contributed by atoms with Gasteiger partial charge in [0.2, 0.25) is 0 Å². The van der Waals surface area contributed by atoms with E-state index < -0.39 is 0 Å². The van der Waals surface area contributed by atoms with E-state index in [1.54, 1.807) is 31.4 Å². The number of pyridine rings is 1. The Balaban J connectivity index is 2.38. The molecule has 96 valence electrons. The average Bonchev–Trinajstić information content (AvgIpc) is 2.38. The van der Waals surface area contributed by atoms with Crippen molar-refractivity contribution in [2.45, 2.75) is 0 Å². The summed E-state index contributed by atoms with van der Waals surface area (Å²) in [4.78, 5) is 4.09. The minimum absolute atomic E-state index is 0.238. The second-order valence-electron chi connectivity index (χ2n) is 3.65. The van der Waals surface area contributed by atoms with E-state index in [1.807, 2.05) is 6.07 Å². The lowest BCUT2D eigenvalue weighted by Crippen LogP contribution is -1.97. The molecule has 0 radical (unpaired) electrons. The lowest BCUT2D eigenvalue weighted by molar-refractivity contribution is 0.417. The van der Waals surface area contributed by atoms with Crippen molar-refractivity contribution in [3.05, 3.63) is 46.1 Å². The molecule has 2 rings (SSSR count). The number of methoxy groups -OCH3 is 1. The number of hydrogen-bond acceptors (Lipinski definition) is 4. The fraction of sp³-hybridized carbons (Fsp3) is 0.0769. The highest BCUT2D eigenvalue weighted by atomic mass is 35.5. The van der Waals surface area contributed by atoms with E-state index in [4.69, 9.17) is 33.2 Å². The smallest absolute Gasteiger partial charge is 0.142 e. The molecule has 4 nitrogen and oxygen atoms in total. The first-order valence-electron chi connectivity index (χ1n) is 5.30. The van der Waals surface area contributed by atoms with E-state index in [0.717, 1.165) is 0 Å². The Morgan fingerprint density at radius 2 is 2.05 bits per heavy atom. The number of nitrogens with one attached hydrogen (secondary N) is 1. The molecule has 0 saturated carbocycles. The Bertz CT molecular complexity index is 653. The van der Waals surface area contributed by atoms with Crippen LogP contribution in [0, 0.1) is 11.3 Å². The molecule has 0 spiro atoms. The van der Waals surface area contributed by atoms with Gasteiger partial charge in [-0.25, -0.2) is 4.98 Å². The molecule has 0 bridgehead atoms. The molecular weight excluding hydrogens is 285 g/mol. The van der Waals surface area contributed by atoms with Gasteiger partial charge in [-0.1, -0.05) is 23.2 Å². The van der Waals surface area contributed by atoms with Gasteiger partial charge in [-0.15, -0.1) is 0 Å². The maximum absolute atomic E-state index is 8.89. The van der Waals surface area contributed by atoms with Gasteiger partial charge in [0.1, 0.15) is 16.7 Å². The van der Waals surface area contributed by atoms with Crippen LogP contribution in [-0.2, 0) is 0 Å². The average molecular weight is 294 g/mol. The van der Waals surface area contributed by atoms with Crippen LogP contribution in [0.1, 0.15) is 5.56 Å². The van der Waals surface area contributed by atoms with Crippen LogP contribution < -0.4 is 10.1 Å². The number of nitriles is 1. The first kappa shape index (κ1) is 13.5. The number of ether oxygens (including phenoxy) is 1. The molecular formula is C13H9Cl2N3O. The molecule has 19 heavy (non-hydrogen) atoms. The summed E-state index contributed by atoms with van der Waals surface area (Å²) in [6.07, 6.45) is 0. The van der Waals surface area contributed by atoms with Gasteiger partial charge >= 0.3 is 0 Å². The van der Waals surface area contributed by atoms with Crippen molar-refractivity contribution in [3.63, 3.8) is 0 Å². The summed E-state index contributed by atoms with van der Waals surface area (Å²) in [7, 11) is 1.56. The predicted molar refractivity (Wildman–Crippen MR) is 75.2 cm³/mol. The normalized spacial score (nSPS) is 9.79. The zero-order valence-electron chi connectivity index (χ0n) is 9.95. The second kappa shape index (κ2) is 5.79. The first-order chi connectivity index (χ1) is 9.12. The molecule has 0 unspecified atom stereocenters. The summed E-state index contributed by atoms with van der Waals surface area (Å²) in [5.74, 6) is 1.06. The fourth-order valence-corrected chi connectivity index (χ4v) is 1.92. The molecule has 1 aromatic heterocycles. The van der Waals surface area contributed by atoms with Crippen molar-refractivity contribution in [1.29, 1.82) is 5.26 Å². The maximum Gasteiger partial charge on any atom is 0.142 e. The van der Waals surface area contributed by atoms with Crippen LogP contribution in [0.2, 0.25) is 10.2 Å². The molecule has 1 aromatic carbocycles. The highest BCUT2D eigenvalue weighted by Crippen LogP contribution is 2.30. The van der Waals surface area contributed by atoms with Crippen molar-refractivity contribution < 1.29 is 4.74 Å². The van der Waals surface area contributed by atoms with Crippen LogP contribution in [-0.4, -0.2) is 12.1 Å². The number of benzene rings is 1. The minimum Gasteiger partial charge on any atom is -0.495 e. The molecule has 0 amide bonds. The van der Waals surface area contributed by atoms with Gasteiger partial charge in [0.05, 0.1) is 24.4 Å². The summed E-state index contributed by atoms with van der Waals surface area (Å²) in [5, 5.41) is 12.7. The van der Waals surface area contributed by atoms with Gasteiger partial charge < -0.3 is 10.1 Å². The quantitative estimate of drug-likeness (QED) is 0.869. The Kier molecular flexibility index (Phi) is 4.10.